The Morgan fingerprint density at radius 2 is 2.17 bits per heavy atom. The molecule has 7 nitrogen and oxygen atoms in total. The van der Waals surface area contributed by atoms with Crippen LogP contribution < -0.4 is 10.1 Å². The van der Waals surface area contributed by atoms with Crippen LogP contribution in [0.1, 0.15) is 17.2 Å². The molecule has 1 atom stereocenters. The summed E-state index contributed by atoms with van der Waals surface area (Å²) in [6.45, 7) is 0. The van der Waals surface area contributed by atoms with Crippen molar-refractivity contribution in [2.24, 2.45) is 5.18 Å². The Bertz CT molecular complexity index is 964. The number of hydrogen-bond donors (Lipinski definition) is 1. The number of carbonyl (C=O) groups is 1. The van der Waals surface area contributed by atoms with E-state index in [1.54, 1.807) is 35.9 Å². The number of para-hydroxylation sites is 1. The van der Waals surface area contributed by atoms with Crippen molar-refractivity contribution in [2.75, 3.05) is 12.4 Å². The second-order valence-electron chi connectivity index (χ2n) is 5.58. The lowest BCUT2D eigenvalue weighted by Gasteiger charge is -2.25. The summed E-state index contributed by atoms with van der Waals surface area (Å²) >= 11 is 0. The number of anilines is 1. The van der Waals surface area contributed by atoms with Crippen molar-refractivity contribution in [3.63, 3.8) is 0 Å². The maximum absolute atomic E-state index is 12.6. The van der Waals surface area contributed by atoms with Gasteiger partial charge in [-0.2, -0.15) is 0 Å². The molecule has 1 N–H and O–H groups in total. The summed E-state index contributed by atoms with van der Waals surface area (Å²) in [4.78, 5) is 28.4. The zero-order valence-electron chi connectivity index (χ0n) is 12.9. The average molecular weight is 322 g/mol. The van der Waals surface area contributed by atoms with Crippen LogP contribution in [0.15, 0.2) is 47.8 Å². The third-order valence-corrected chi connectivity index (χ3v) is 4.27. The molecule has 24 heavy (non-hydrogen) atoms. The predicted octanol–water partition coefficient (Wildman–Crippen LogP) is 3.02. The molecule has 0 bridgehead atoms. The summed E-state index contributed by atoms with van der Waals surface area (Å²) in [5.41, 5.74) is 2.59. The first kappa shape index (κ1) is 14.4. The molecule has 0 saturated carbocycles. The van der Waals surface area contributed by atoms with E-state index in [0.717, 1.165) is 5.56 Å². The quantitative estimate of drug-likeness (QED) is 0.751. The Labute approximate surface area is 137 Å². The van der Waals surface area contributed by atoms with Gasteiger partial charge in [-0.3, -0.25) is 9.20 Å². The van der Waals surface area contributed by atoms with Gasteiger partial charge in [0.25, 0.3) is 0 Å². The fourth-order valence-electron chi connectivity index (χ4n) is 3.13. The molecular weight excluding hydrogens is 308 g/mol. The molecular formula is C17H14N4O3. The number of methoxy groups -OCH3 is 1. The molecule has 1 aromatic carbocycles. The minimum absolute atomic E-state index is 0.164. The van der Waals surface area contributed by atoms with Gasteiger partial charge >= 0.3 is 0 Å². The standard InChI is InChI=1S/C17H14N4O3/c1-24-12-6-4-5-10-9-11(17(22)19-14(10)12)15-16(20-23)21-8-3-2-7-13(21)18-15/h2-8,11H,9H2,1H3,(H,19,22). The van der Waals surface area contributed by atoms with Gasteiger partial charge in [-0.15, -0.1) is 4.91 Å². The van der Waals surface area contributed by atoms with Crippen molar-refractivity contribution in [3.05, 3.63) is 58.8 Å². The normalized spacial score (nSPS) is 16.5. The summed E-state index contributed by atoms with van der Waals surface area (Å²) in [7, 11) is 1.56. The predicted molar refractivity (Wildman–Crippen MR) is 88.7 cm³/mol. The molecule has 3 aromatic rings. The summed E-state index contributed by atoms with van der Waals surface area (Å²) in [5, 5.41) is 5.97. The van der Waals surface area contributed by atoms with Gasteiger partial charge in [0.05, 0.1) is 18.7 Å². The molecule has 0 spiro atoms. The van der Waals surface area contributed by atoms with Crippen molar-refractivity contribution < 1.29 is 9.53 Å². The number of rotatable bonds is 3. The van der Waals surface area contributed by atoms with E-state index in [0.29, 0.717) is 29.2 Å². The highest BCUT2D eigenvalue weighted by molar-refractivity contribution is 6.00. The summed E-state index contributed by atoms with van der Waals surface area (Å²) in [6.07, 6.45) is 2.14. The highest BCUT2D eigenvalue weighted by Gasteiger charge is 2.33. The maximum Gasteiger partial charge on any atom is 0.234 e. The largest absolute Gasteiger partial charge is 0.495 e. The molecule has 1 aliphatic heterocycles. The van der Waals surface area contributed by atoms with E-state index in [2.05, 4.69) is 15.5 Å². The molecule has 1 unspecified atom stereocenters. The number of pyridine rings is 1. The summed E-state index contributed by atoms with van der Waals surface area (Å²) in [6, 6.07) is 11.0. The average Bonchev–Trinajstić information content (AvgIpc) is 2.99. The van der Waals surface area contributed by atoms with E-state index in [9.17, 15) is 9.70 Å². The van der Waals surface area contributed by atoms with Crippen LogP contribution in [0.4, 0.5) is 11.5 Å². The molecule has 4 rings (SSSR count). The Kier molecular flexibility index (Phi) is 3.26. The van der Waals surface area contributed by atoms with E-state index in [1.165, 1.54) is 0 Å². The van der Waals surface area contributed by atoms with Crippen LogP contribution >= 0.6 is 0 Å². The number of aromatic nitrogens is 2. The molecule has 1 aliphatic rings. The Balaban J connectivity index is 1.83. The molecule has 2 aromatic heterocycles. The summed E-state index contributed by atoms with van der Waals surface area (Å²) in [5.74, 6) is -0.0161. The minimum atomic E-state index is -0.572. The van der Waals surface area contributed by atoms with Crippen molar-refractivity contribution in [1.29, 1.82) is 0 Å². The number of nitrogens with one attached hydrogen (secondary N) is 1. The third-order valence-electron chi connectivity index (χ3n) is 4.27. The molecule has 120 valence electrons. The Morgan fingerprint density at radius 3 is 2.96 bits per heavy atom. The number of carbonyl (C=O) groups excluding carboxylic acids is 1. The Morgan fingerprint density at radius 1 is 1.29 bits per heavy atom. The van der Waals surface area contributed by atoms with Crippen molar-refractivity contribution >= 4 is 23.1 Å². The van der Waals surface area contributed by atoms with Gasteiger partial charge in [0.15, 0.2) is 0 Å². The summed E-state index contributed by atoms with van der Waals surface area (Å²) < 4.78 is 6.89. The van der Waals surface area contributed by atoms with Crippen molar-refractivity contribution in [1.82, 2.24) is 9.38 Å². The molecule has 0 radical (unpaired) electrons. The second kappa shape index (κ2) is 5.45. The fraction of sp³-hybridized carbons (Fsp3) is 0.176. The van der Waals surface area contributed by atoms with Crippen molar-refractivity contribution in [2.45, 2.75) is 12.3 Å². The Hall–Kier alpha value is -3.22. The highest BCUT2D eigenvalue weighted by atomic mass is 16.5. The monoisotopic (exact) mass is 322 g/mol. The lowest BCUT2D eigenvalue weighted by molar-refractivity contribution is -0.117. The van der Waals surface area contributed by atoms with E-state index in [4.69, 9.17) is 4.74 Å². The number of imidazole rings is 1. The third kappa shape index (κ3) is 2.05. The van der Waals surface area contributed by atoms with Gasteiger partial charge in [0.1, 0.15) is 17.1 Å². The van der Waals surface area contributed by atoms with Crippen LogP contribution in [-0.4, -0.2) is 22.4 Å². The van der Waals surface area contributed by atoms with Crippen LogP contribution in [0, 0.1) is 4.91 Å². The minimum Gasteiger partial charge on any atom is -0.495 e. The first-order chi connectivity index (χ1) is 11.7. The van der Waals surface area contributed by atoms with Gasteiger partial charge in [-0.05, 0) is 35.4 Å². The van der Waals surface area contributed by atoms with Gasteiger partial charge in [-0.25, -0.2) is 4.98 Å². The van der Waals surface area contributed by atoms with Crippen LogP contribution in [0.2, 0.25) is 0 Å². The fourth-order valence-corrected chi connectivity index (χ4v) is 3.13. The zero-order chi connectivity index (χ0) is 16.7. The molecule has 3 heterocycles. The number of nitroso groups, excluding NO2 is 1. The lowest BCUT2D eigenvalue weighted by Crippen LogP contribution is -2.28. The van der Waals surface area contributed by atoms with Crippen molar-refractivity contribution in [3.8, 4) is 5.75 Å². The number of nitrogens with zero attached hydrogens (tertiary/aromatic N) is 3. The number of benzene rings is 1. The number of ether oxygens (including phenoxy) is 1. The van der Waals surface area contributed by atoms with Gasteiger partial charge in [0, 0.05) is 6.20 Å². The molecule has 1 amide bonds. The second-order valence-corrected chi connectivity index (χ2v) is 5.58. The SMILES string of the molecule is COc1cccc2c1NC(=O)C(c1nc3ccccn3c1N=O)C2. The molecule has 0 aliphatic carbocycles. The number of fused-ring (bicyclic) bond motifs is 2. The van der Waals surface area contributed by atoms with E-state index < -0.39 is 5.92 Å². The molecule has 7 heteroatoms. The van der Waals surface area contributed by atoms with E-state index in [-0.39, 0.29) is 11.7 Å². The van der Waals surface area contributed by atoms with Crippen LogP contribution in [0.3, 0.4) is 0 Å². The highest BCUT2D eigenvalue weighted by Crippen LogP contribution is 2.39. The van der Waals surface area contributed by atoms with Crippen LogP contribution in [0.5, 0.6) is 5.75 Å². The number of amides is 1. The van der Waals surface area contributed by atoms with Gasteiger partial charge in [0.2, 0.25) is 11.7 Å². The van der Waals surface area contributed by atoms with Gasteiger partial charge in [-0.1, -0.05) is 18.2 Å². The first-order valence-electron chi connectivity index (χ1n) is 7.50. The smallest absolute Gasteiger partial charge is 0.234 e. The van der Waals surface area contributed by atoms with Crippen LogP contribution in [0.25, 0.3) is 5.65 Å². The van der Waals surface area contributed by atoms with E-state index >= 15 is 0 Å². The molecule has 0 fully saturated rings. The number of hydrogen-bond acceptors (Lipinski definition) is 5. The van der Waals surface area contributed by atoms with Gasteiger partial charge < -0.3 is 10.1 Å². The van der Waals surface area contributed by atoms with E-state index in [1.807, 2.05) is 18.2 Å². The maximum atomic E-state index is 12.6. The first-order valence-corrected chi connectivity index (χ1v) is 7.50. The molecule has 0 saturated heterocycles. The lowest BCUT2D eigenvalue weighted by atomic mass is 9.90. The zero-order valence-corrected chi connectivity index (χ0v) is 12.9. The van der Waals surface area contributed by atoms with Crippen LogP contribution in [-0.2, 0) is 11.2 Å². The topological polar surface area (TPSA) is 85.1 Å².